The lowest BCUT2D eigenvalue weighted by atomic mass is 10.0. The first-order valence-corrected chi connectivity index (χ1v) is 7.69. The summed E-state index contributed by atoms with van der Waals surface area (Å²) in [6.45, 7) is -0.175. The summed E-state index contributed by atoms with van der Waals surface area (Å²) in [6.07, 6.45) is 0. The van der Waals surface area contributed by atoms with Gasteiger partial charge < -0.3 is 4.74 Å². The minimum atomic E-state index is -0.503. The zero-order valence-corrected chi connectivity index (χ0v) is 13.3. The summed E-state index contributed by atoms with van der Waals surface area (Å²) < 4.78 is 5.37. The summed E-state index contributed by atoms with van der Waals surface area (Å²) in [4.78, 5) is 22.5. The Morgan fingerprint density at radius 1 is 0.880 bits per heavy atom. The van der Waals surface area contributed by atoms with Crippen LogP contribution in [0.1, 0.15) is 10.4 Å². The van der Waals surface area contributed by atoms with Crippen molar-refractivity contribution in [2.75, 3.05) is 6.61 Å². The van der Waals surface area contributed by atoms with Crippen molar-refractivity contribution in [3.8, 4) is 16.9 Å². The van der Waals surface area contributed by atoms with Gasteiger partial charge in [-0.1, -0.05) is 60.7 Å². The van der Waals surface area contributed by atoms with Crippen molar-refractivity contribution >= 4 is 11.5 Å². The van der Waals surface area contributed by atoms with Crippen molar-refractivity contribution in [3.63, 3.8) is 0 Å². The van der Waals surface area contributed by atoms with Gasteiger partial charge in [0.1, 0.15) is 5.75 Å². The number of non-ortho nitro benzene ring substituents is 1. The van der Waals surface area contributed by atoms with Crippen LogP contribution >= 0.6 is 0 Å². The van der Waals surface area contributed by atoms with E-state index in [1.54, 1.807) is 18.2 Å². The van der Waals surface area contributed by atoms with Crippen molar-refractivity contribution < 1.29 is 14.5 Å². The van der Waals surface area contributed by atoms with Crippen molar-refractivity contribution in [2.24, 2.45) is 0 Å². The van der Waals surface area contributed by atoms with Gasteiger partial charge in [0.2, 0.25) is 0 Å². The van der Waals surface area contributed by atoms with Crippen molar-refractivity contribution in [1.29, 1.82) is 0 Å². The molecule has 0 aliphatic rings. The average Bonchev–Trinajstić information content (AvgIpc) is 2.67. The first kappa shape index (κ1) is 16.4. The van der Waals surface area contributed by atoms with Crippen LogP contribution in [0.15, 0.2) is 78.9 Å². The van der Waals surface area contributed by atoms with Gasteiger partial charge in [0.25, 0.3) is 5.69 Å². The predicted molar refractivity (Wildman–Crippen MR) is 94.8 cm³/mol. The highest BCUT2D eigenvalue weighted by Gasteiger charge is 2.10. The van der Waals surface area contributed by atoms with Crippen LogP contribution in [-0.4, -0.2) is 17.3 Å². The molecule has 3 rings (SSSR count). The number of carbonyl (C=O) groups excluding carboxylic acids is 1. The van der Waals surface area contributed by atoms with Crippen LogP contribution < -0.4 is 4.74 Å². The molecule has 0 N–H and O–H groups in total. The van der Waals surface area contributed by atoms with Crippen molar-refractivity contribution in [2.45, 2.75) is 0 Å². The molecule has 0 aromatic heterocycles. The summed E-state index contributed by atoms with van der Waals surface area (Å²) in [5.41, 5.74) is 2.56. The zero-order chi connectivity index (χ0) is 17.6. The number of nitro groups is 1. The lowest BCUT2D eigenvalue weighted by molar-refractivity contribution is -0.384. The van der Waals surface area contributed by atoms with E-state index in [0.717, 1.165) is 11.1 Å². The van der Waals surface area contributed by atoms with Gasteiger partial charge >= 0.3 is 0 Å². The lowest BCUT2D eigenvalue weighted by Gasteiger charge is -2.06. The van der Waals surface area contributed by atoms with Crippen LogP contribution in [0.3, 0.4) is 0 Å². The Morgan fingerprint density at radius 3 is 2.24 bits per heavy atom. The van der Waals surface area contributed by atoms with Crippen LogP contribution in [0.2, 0.25) is 0 Å². The summed E-state index contributed by atoms with van der Waals surface area (Å²) in [5, 5.41) is 10.7. The SMILES string of the molecule is O=C(COc1cccc([N+](=O)[O-])c1)c1ccc(-c2ccccc2)cc1. The standard InChI is InChI=1S/C20H15NO4/c22-20(14-25-19-8-4-7-18(13-19)21(23)24)17-11-9-16(10-12-17)15-5-2-1-3-6-15/h1-13H,14H2. The highest BCUT2D eigenvalue weighted by molar-refractivity contribution is 5.97. The Bertz CT molecular complexity index is 889. The van der Waals surface area contributed by atoms with Crippen LogP contribution in [0.25, 0.3) is 11.1 Å². The van der Waals surface area contributed by atoms with E-state index in [2.05, 4.69) is 0 Å². The largest absolute Gasteiger partial charge is 0.485 e. The van der Waals surface area contributed by atoms with Gasteiger partial charge in [-0.2, -0.15) is 0 Å². The van der Waals surface area contributed by atoms with Crippen LogP contribution in [0.4, 0.5) is 5.69 Å². The quantitative estimate of drug-likeness (QED) is 0.378. The molecule has 0 spiro atoms. The normalized spacial score (nSPS) is 10.2. The molecule has 0 saturated carbocycles. The van der Waals surface area contributed by atoms with Crippen molar-refractivity contribution in [3.05, 3.63) is 94.5 Å². The number of ketones is 1. The molecular formula is C20H15NO4. The summed E-state index contributed by atoms with van der Waals surface area (Å²) in [6, 6.07) is 22.9. The van der Waals surface area contributed by atoms with Gasteiger partial charge in [0, 0.05) is 11.6 Å². The van der Waals surface area contributed by atoms with Gasteiger partial charge in [-0.15, -0.1) is 0 Å². The number of benzene rings is 3. The van der Waals surface area contributed by atoms with Gasteiger partial charge in [-0.25, -0.2) is 0 Å². The minimum Gasteiger partial charge on any atom is -0.485 e. The minimum absolute atomic E-state index is 0.0721. The fourth-order valence-corrected chi connectivity index (χ4v) is 2.40. The second-order valence-corrected chi connectivity index (χ2v) is 5.41. The molecule has 0 unspecified atom stereocenters. The third-order valence-corrected chi connectivity index (χ3v) is 3.71. The molecular weight excluding hydrogens is 318 g/mol. The molecule has 0 saturated heterocycles. The number of Topliss-reactive ketones (excluding diaryl/α,β-unsaturated/α-hetero) is 1. The molecule has 0 amide bonds. The van der Waals surface area contributed by atoms with Gasteiger partial charge in [0.05, 0.1) is 11.0 Å². The Hall–Kier alpha value is -3.47. The fourth-order valence-electron chi connectivity index (χ4n) is 2.40. The van der Waals surface area contributed by atoms with E-state index < -0.39 is 4.92 Å². The number of nitrogens with zero attached hydrogens (tertiary/aromatic N) is 1. The number of hydrogen-bond acceptors (Lipinski definition) is 4. The zero-order valence-electron chi connectivity index (χ0n) is 13.3. The second kappa shape index (κ2) is 7.40. The number of hydrogen-bond donors (Lipinski definition) is 0. The topological polar surface area (TPSA) is 69.4 Å². The van der Waals surface area contributed by atoms with E-state index in [0.29, 0.717) is 11.3 Å². The molecule has 5 heteroatoms. The third kappa shape index (κ3) is 4.09. The van der Waals surface area contributed by atoms with E-state index in [-0.39, 0.29) is 18.1 Å². The Balaban J connectivity index is 1.65. The maximum Gasteiger partial charge on any atom is 0.273 e. The Kier molecular flexibility index (Phi) is 4.85. The molecule has 0 atom stereocenters. The third-order valence-electron chi connectivity index (χ3n) is 3.71. The van der Waals surface area contributed by atoms with Crippen molar-refractivity contribution in [1.82, 2.24) is 0 Å². The monoisotopic (exact) mass is 333 g/mol. The number of carbonyl (C=O) groups is 1. The molecule has 3 aromatic carbocycles. The molecule has 0 aliphatic carbocycles. The molecule has 25 heavy (non-hydrogen) atoms. The first-order valence-electron chi connectivity index (χ1n) is 7.69. The summed E-state index contributed by atoms with van der Waals surface area (Å²) in [5.74, 6) is 0.106. The first-order chi connectivity index (χ1) is 12.1. The van der Waals surface area contributed by atoms with Crippen LogP contribution in [0, 0.1) is 10.1 Å². The summed E-state index contributed by atoms with van der Waals surface area (Å²) in [7, 11) is 0. The van der Waals surface area contributed by atoms with Gasteiger partial charge in [-0.3, -0.25) is 14.9 Å². The highest BCUT2D eigenvalue weighted by Crippen LogP contribution is 2.21. The smallest absolute Gasteiger partial charge is 0.273 e. The molecule has 0 fully saturated rings. The molecule has 0 aliphatic heterocycles. The Morgan fingerprint density at radius 2 is 1.56 bits per heavy atom. The molecule has 3 aromatic rings. The molecule has 0 bridgehead atoms. The average molecular weight is 333 g/mol. The maximum atomic E-state index is 12.2. The maximum absolute atomic E-state index is 12.2. The van der Waals surface area contributed by atoms with E-state index in [1.165, 1.54) is 18.2 Å². The van der Waals surface area contributed by atoms with Gasteiger partial charge in [0.15, 0.2) is 12.4 Å². The van der Waals surface area contributed by atoms with Gasteiger partial charge in [-0.05, 0) is 17.2 Å². The molecule has 0 heterocycles. The lowest BCUT2D eigenvalue weighted by Crippen LogP contribution is -2.11. The molecule has 0 radical (unpaired) electrons. The van der Waals surface area contributed by atoms with E-state index in [9.17, 15) is 14.9 Å². The molecule has 5 nitrogen and oxygen atoms in total. The van der Waals surface area contributed by atoms with E-state index in [4.69, 9.17) is 4.74 Å². The van der Waals surface area contributed by atoms with Crippen LogP contribution in [-0.2, 0) is 0 Å². The fraction of sp³-hybridized carbons (Fsp3) is 0.0500. The second-order valence-electron chi connectivity index (χ2n) is 5.41. The summed E-state index contributed by atoms with van der Waals surface area (Å²) >= 11 is 0. The predicted octanol–water partition coefficient (Wildman–Crippen LogP) is 4.52. The number of ether oxygens (including phenoxy) is 1. The number of nitro benzene ring substituents is 1. The number of rotatable bonds is 6. The molecule has 124 valence electrons. The van der Waals surface area contributed by atoms with E-state index >= 15 is 0 Å². The Labute approximate surface area is 144 Å². The van der Waals surface area contributed by atoms with E-state index in [1.807, 2.05) is 42.5 Å². The highest BCUT2D eigenvalue weighted by atomic mass is 16.6. The van der Waals surface area contributed by atoms with Crippen LogP contribution in [0.5, 0.6) is 5.75 Å².